The SMILES string of the molecule is COc1cc(Cn2nnc(-c3cccc(F)c3)n2)ccc1OC(F)F. The van der Waals surface area contributed by atoms with Gasteiger partial charge in [-0.3, -0.25) is 0 Å². The third-order valence-corrected chi connectivity index (χ3v) is 3.30. The summed E-state index contributed by atoms with van der Waals surface area (Å²) in [6.45, 7) is -2.71. The highest BCUT2D eigenvalue weighted by atomic mass is 19.3. The van der Waals surface area contributed by atoms with Crippen molar-refractivity contribution in [3.8, 4) is 22.9 Å². The molecule has 0 saturated carbocycles. The molecule has 0 fully saturated rings. The maximum Gasteiger partial charge on any atom is 0.387 e. The van der Waals surface area contributed by atoms with E-state index in [0.717, 1.165) is 0 Å². The number of nitrogens with zero attached hydrogens (tertiary/aromatic N) is 4. The predicted molar refractivity (Wildman–Crippen MR) is 81.9 cm³/mol. The van der Waals surface area contributed by atoms with Gasteiger partial charge in [0.15, 0.2) is 11.5 Å². The Kier molecular flexibility index (Phi) is 4.82. The molecular formula is C16H13F3N4O2. The Morgan fingerprint density at radius 3 is 2.68 bits per heavy atom. The monoisotopic (exact) mass is 350 g/mol. The van der Waals surface area contributed by atoms with E-state index in [0.29, 0.717) is 11.1 Å². The first-order chi connectivity index (χ1) is 12.0. The largest absolute Gasteiger partial charge is 0.493 e. The number of methoxy groups -OCH3 is 1. The van der Waals surface area contributed by atoms with E-state index in [1.165, 1.54) is 30.1 Å². The summed E-state index contributed by atoms with van der Waals surface area (Å²) in [5.74, 6) is -0.00570. The average Bonchev–Trinajstić information content (AvgIpc) is 3.04. The van der Waals surface area contributed by atoms with E-state index >= 15 is 0 Å². The van der Waals surface area contributed by atoms with E-state index in [1.807, 2.05) is 0 Å². The minimum Gasteiger partial charge on any atom is -0.493 e. The van der Waals surface area contributed by atoms with Crippen molar-refractivity contribution in [2.24, 2.45) is 0 Å². The Bertz CT molecular complexity index is 870. The molecule has 0 unspecified atom stereocenters. The fourth-order valence-electron chi connectivity index (χ4n) is 2.22. The van der Waals surface area contributed by atoms with Crippen LogP contribution in [0.1, 0.15) is 5.56 Å². The van der Waals surface area contributed by atoms with Gasteiger partial charge in [0.1, 0.15) is 5.82 Å². The third kappa shape index (κ3) is 4.06. The standard InChI is InChI=1S/C16H13F3N4O2/c1-24-14-7-10(5-6-13(14)25-16(18)19)9-23-21-15(20-22-23)11-3-2-4-12(17)8-11/h2-8,16H,9H2,1H3. The summed E-state index contributed by atoms with van der Waals surface area (Å²) in [5.41, 5.74) is 1.20. The Labute approximate surface area is 140 Å². The molecule has 0 spiro atoms. The van der Waals surface area contributed by atoms with Crippen LogP contribution >= 0.6 is 0 Å². The van der Waals surface area contributed by atoms with Crippen LogP contribution in [0.4, 0.5) is 13.2 Å². The number of benzene rings is 2. The lowest BCUT2D eigenvalue weighted by molar-refractivity contribution is -0.0512. The van der Waals surface area contributed by atoms with Gasteiger partial charge in [0, 0.05) is 5.56 Å². The number of hydrogen-bond acceptors (Lipinski definition) is 5. The molecule has 0 atom stereocenters. The Hall–Kier alpha value is -3.10. The average molecular weight is 350 g/mol. The number of aromatic nitrogens is 4. The summed E-state index contributed by atoms with van der Waals surface area (Å²) < 4.78 is 47.4. The fourth-order valence-corrected chi connectivity index (χ4v) is 2.22. The highest BCUT2D eigenvalue weighted by molar-refractivity contribution is 5.53. The second-order valence-corrected chi connectivity index (χ2v) is 5.02. The molecule has 25 heavy (non-hydrogen) atoms. The van der Waals surface area contributed by atoms with Gasteiger partial charge >= 0.3 is 6.61 Å². The number of halogens is 3. The van der Waals surface area contributed by atoms with Gasteiger partial charge in [0.05, 0.1) is 13.7 Å². The molecule has 0 aliphatic rings. The molecule has 3 aromatic rings. The molecule has 3 rings (SSSR count). The number of hydrogen-bond donors (Lipinski definition) is 0. The fraction of sp³-hybridized carbons (Fsp3) is 0.188. The Morgan fingerprint density at radius 2 is 1.96 bits per heavy atom. The normalized spacial score (nSPS) is 10.9. The quantitative estimate of drug-likeness (QED) is 0.683. The van der Waals surface area contributed by atoms with Crippen molar-refractivity contribution in [1.29, 1.82) is 0 Å². The van der Waals surface area contributed by atoms with E-state index in [4.69, 9.17) is 4.74 Å². The van der Waals surface area contributed by atoms with Crippen molar-refractivity contribution >= 4 is 0 Å². The smallest absolute Gasteiger partial charge is 0.387 e. The Balaban J connectivity index is 1.79. The molecule has 1 heterocycles. The van der Waals surface area contributed by atoms with Gasteiger partial charge in [-0.15, -0.1) is 10.2 Å². The molecule has 6 nitrogen and oxygen atoms in total. The van der Waals surface area contributed by atoms with E-state index in [-0.39, 0.29) is 23.9 Å². The zero-order chi connectivity index (χ0) is 17.8. The van der Waals surface area contributed by atoms with Crippen LogP contribution in [-0.4, -0.2) is 33.9 Å². The van der Waals surface area contributed by atoms with Crippen LogP contribution < -0.4 is 9.47 Å². The summed E-state index contributed by atoms with van der Waals surface area (Å²) in [5, 5.41) is 12.0. The lowest BCUT2D eigenvalue weighted by atomic mass is 10.2. The summed E-state index contributed by atoms with van der Waals surface area (Å²) in [4.78, 5) is 1.31. The van der Waals surface area contributed by atoms with Gasteiger partial charge in [-0.1, -0.05) is 18.2 Å². The van der Waals surface area contributed by atoms with Crippen LogP contribution in [0.3, 0.4) is 0 Å². The molecule has 0 amide bonds. The van der Waals surface area contributed by atoms with Gasteiger partial charge in [-0.05, 0) is 35.0 Å². The summed E-state index contributed by atoms with van der Waals surface area (Å²) in [6, 6.07) is 10.4. The van der Waals surface area contributed by atoms with E-state index in [2.05, 4.69) is 20.1 Å². The van der Waals surface area contributed by atoms with Crippen LogP contribution in [0.2, 0.25) is 0 Å². The topological polar surface area (TPSA) is 62.1 Å². The van der Waals surface area contributed by atoms with Crippen molar-refractivity contribution in [2.75, 3.05) is 7.11 Å². The van der Waals surface area contributed by atoms with Crippen LogP contribution in [0.5, 0.6) is 11.5 Å². The van der Waals surface area contributed by atoms with E-state index in [1.54, 1.807) is 24.3 Å². The third-order valence-electron chi connectivity index (χ3n) is 3.30. The molecule has 0 radical (unpaired) electrons. The summed E-state index contributed by atoms with van der Waals surface area (Å²) >= 11 is 0. The zero-order valence-corrected chi connectivity index (χ0v) is 13.1. The number of tetrazole rings is 1. The minimum atomic E-state index is -2.94. The number of ether oxygens (including phenoxy) is 2. The highest BCUT2D eigenvalue weighted by Crippen LogP contribution is 2.29. The second kappa shape index (κ2) is 7.20. The lowest BCUT2D eigenvalue weighted by Gasteiger charge is -2.11. The van der Waals surface area contributed by atoms with Gasteiger partial charge in [0.25, 0.3) is 0 Å². The molecule has 2 aromatic carbocycles. The molecule has 130 valence electrons. The predicted octanol–water partition coefficient (Wildman–Crippen LogP) is 3.14. The van der Waals surface area contributed by atoms with Crippen molar-refractivity contribution in [2.45, 2.75) is 13.2 Å². The van der Waals surface area contributed by atoms with Crippen molar-refractivity contribution in [3.63, 3.8) is 0 Å². The number of alkyl halides is 2. The van der Waals surface area contributed by atoms with Crippen LogP contribution in [0.25, 0.3) is 11.4 Å². The minimum absolute atomic E-state index is 0.0618. The first-order valence-corrected chi connectivity index (χ1v) is 7.20. The molecule has 0 N–H and O–H groups in total. The molecule has 1 aromatic heterocycles. The molecule has 0 aliphatic heterocycles. The first-order valence-electron chi connectivity index (χ1n) is 7.20. The van der Waals surface area contributed by atoms with Gasteiger partial charge < -0.3 is 9.47 Å². The van der Waals surface area contributed by atoms with E-state index in [9.17, 15) is 13.2 Å². The summed E-state index contributed by atoms with van der Waals surface area (Å²) in [6.07, 6.45) is 0. The van der Waals surface area contributed by atoms with Crippen LogP contribution in [-0.2, 0) is 6.54 Å². The highest BCUT2D eigenvalue weighted by Gasteiger charge is 2.12. The first kappa shape index (κ1) is 16.7. The van der Waals surface area contributed by atoms with E-state index < -0.39 is 12.4 Å². The van der Waals surface area contributed by atoms with Crippen LogP contribution in [0.15, 0.2) is 42.5 Å². The molecule has 0 bridgehead atoms. The molecule has 0 aliphatic carbocycles. The lowest BCUT2D eigenvalue weighted by Crippen LogP contribution is -2.06. The zero-order valence-electron chi connectivity index (χ0n) is 13.1. The molecule has 9 heteroatoms. The van der Waals surface area contributed by atoms with Gasteiger partial charge in [-0.25, -0.2) is 4.39 Å². The maximum atomic E-state index is 13.3. The maximum absolute atomic E-state index is 13.3. The van der Waals surface area contributed by atoms with Crippen molar-refractivity contribution in [3.05, 3.63) is 53.8 Å². The second-order valence-electron chi connectivity index (χ2n) is 5.02. The van der Waals surface area contributed by atoms with Gasteiger partial charge in [0.2, 0.25) is 5.82 Å². The van der Waals surface area contributed by atoms with Gasteiger partial charge in [-0.2, -0.15) is 13.6 Å². The van der Waals surface area contributed by atoms with Crippen LogP contribution in [0, 0.1) is 5.82 Å². The molecule has 0 saturated heterocycles. The summed E-state index contributed by atoms with van der Waals surface area (Å²) in [7, 11) is 1.35. The molecular weight excluding hydrogens is 337 g/mol. The van der Waals surface area contributed by atoms with Crippen molar-refractivity contribution < 1.29 is 22.6 Å². The Morgan fingerprint density at radius 1 is 1.12 bits per heavy atom. The number of rotatable bonds is 6. The van der Waals surface area contributed by atoms with Crippen molar-refractivity contribution in [1.82, 2.24) is 20.2 Å².